The lowest BCUT2D eigenvalue weighted by Gasteiger charge is -2.10. The van der Waals surface area contributed by atoms with Gasteiger partial charge in [0.25, 0.3) is 0 Å². The topological polar surface area (TPSA) is 41.1 Å². The molecule has 0 aliphatic heterocycles. The van der Waals surface area contributed by atoms with Gasteiger partial charge in [-0.2, -0.15) is 0 Å². The number of anilines is 3. The van der Waals surface area contributed by atoms with Gasteiger partial charge < -0.3 is 10.6 Å². The minimum absolute atomic E-state index is 0.0985. The number of carbonyl (C=O) groups is 1. The van der Waals surface area contributed by atoms with Crippen molar-refractivity contribution in [1.82, 2.24) is 0 Å². The summed E-state index contributed by atoms with van der Waals surface area (Å²) in [5, 5.41) is 6.85. The summed E-state index contributed by atoms with van der Waals surface area (Å²) < 4.78 is 0. The highest BCUT2D eigenvalue weighted by molar-refractivity contribution is 6.43. The van der Waals surface area contributed by atoms with Crippen molar-refractivity contribution in [2.75, 3.05) is 10.6 Å². The Kier molecular flexibility index (Phi) is 4.30. The number of benzene rings is 2. The van der Waals surface area contributed by atoms with Crippen LogP contribution < -0.4 is 10.6 Å². The average Bonchev–Trinajstić information content (AvgIpc) is 2.37. The second-order valence-corrected chi connectivity index (χ2v) is 4.77. The van der Waals surface area contributed by atoms with E-state index in [9.17, 15) is 4.79 Å². The molecule has 2 rings (SSSR count). The fraction of sp³-hybridized carbons (Fsp3) is 0.0714. The maximum absolute atomic E-state index is 10.9. The zero-order chi connectivity index (χ0) is 13.8. The summed E-state index contributed by atoms with van der Waals surface area (Å²) in [5.41, 5.74) is 2.34. The van der Waals surface area contributed by atoms with Gasteiger partial charge in [-0.25, -0.2) is 0 Å². The number of hydrogen-bond donors (Lipinski definition) is 2. The monoisotopic (exact) mass is 294 g/mol. The van der Waals surface area contributed by atoms with E-state index in [1.807, 2.05) is 36.4 Å². The van der Waals surface area contributed by atoms with E-state index in [4.69, 9.17) is 23.2 Å². The van der Waals surface area contributed by atoms with E-state index in [1.165, 1.54) is 6.92 Å². The second-order valence-electron chi connectivity index (χ2n) is 3.98. The van der Waals surface area contributed by atoms with E-state index >= 15 is 0 Å². The maximum Gasteiger partial charge on any atom is 0.221 e. The Labute approximate surface area is 121 Å². The highest BCUT2D eigenvalue weighted by Crippen LogP contribution is 2.31. The van der Waals surface area contributed by atoms with E-state index in [2.05, 4.69) is 10.6 Å². The van der Waals surface area contributed by atoms with Crippen LogP contribution in [0.1, 0.15) is 6.92 Å². The van der Waals surface area contributed by atoms with Gasteiger partial charge >= 0.3 is 0 Å². The van der Waals surface area contributed by atoms with Crippen molar-refractivity contribution in [1.29, 1.82) is 0 Å². The molecule has 2 N–H and O–H groups in total. The van der Waals surface area contributed by atoms with Crippen LogP contribution in [0.3, 0.4) is 0 Å². The molecule has 2 aromatic carbocycles. The van der Waals surface area contributed by atoms with Gasteiger partial charge in [0, 0.05) is 18.3 Å². The quantitative estimate of drug-likeness (QED) is 0.862. The van der Waals surface area contributed by atoms with Gasteiger partial charge in [0.05, 0.1) is 15.7 Å². The summed E-state index contributed by atoms with van der Waals surface area (Å²) >= 11 is 12.0. The highest BCUT2D eigenvalue weighted by atomic mass is 35.5. The molecule has 1 amide bonds. The van der Waals surface area contributed by atoms with Gasteiger partial charge in [0.15, 0.2) is 0 Å². The molecule has 0 saturated carbocycles. The average molecular weight is 295 g/mol. The summed E-state index contributed by atoms with van der Waals surface area (Å²) in [6, 6.07) is 12.7. The van der Waals surface area contributed by atoms with Crippen molar-refractivity contribution in [2.24, 2.45) is 0 Å². The first-order valence-corrected chi connectivity index (χ1v) is 6.40. The Morgan fingerprint density at radius 2 is 1.63 bits per heavy atom. The standard InChI is InChI=1S/C14H12Cl2N2O/c1-9(19)17-10-5-7-11(8-6-10)18-13-4-2-3-12(15)14(13)16/h2-8,18H,1H3,(H,17,19). The molecule has 0 aliphatic carbocycles. The molecule has 98 valence electrons. The third-order valence-corrected chi connectivity index (χ3v) is 3.25. The molecule has 2 aromatic rings. The fourth-order valence-electron chi connectivity index (χ4n) is 1.60. The number of nitrogens with one attached hydrogen (secondary N) is 2. The van der Waals surface area contributed by atoms with Crippen molar-refractivity contribution < 1.29 is 4.79 Å². The normalized spacial score (nSPS) is 10.1. The van der Waals surface area contributed by atoms with E-state index < -0.39 is 0 Å². The maximum atomic E-state index is 10.9. The van der Waals surface area contributed by atoms with Gasteiger partial charge in [-0.05, 0) is 36.4 Å². The summed E-state index contributed by atoms with van der Waals surface area (Å²) in [4.78, 5) is 10.9. The molecule has 0 spiro atoms. The molecule has 5 heteroatoms. The molecule has 0 aromatic heterocycles. The van der Waals surface area contributed by atoms with Gasteiger partial charge in [0.2, 0.25) is 5.91 Å². The van der Waals surface area contributed by atoms with Gasteiger partial charge in [-0.15, -0.1) is 0 Å². The molecule has 0 saturated heterocycles. The zero-order valence-corrected chi connectivity index (χ0v) is 11.7. The molecule has 0 unspecified atom stereocenters. The van der Waals surface area contributed by atoms with Gasteiger partial charge in [0.1, 0.15) is 0 Å². The molecule has 3 nitrogen and oxygen atoms in total. The number of hydrogen-bond acceptors (Lipinski definition) is 2. The minimum atomic E-state index is -0.0985. The highest BCUT2D eigenvalue weighted by Gasteiger charge is 2.04. The zero-order valence-electron chi connectivity index (χ0n) is 10.2. The number of rotatable bonds is 3. The lowest BCUT2D eigenvalue weighted by Crippen LogP contribution is -2.05. The third kappa shape index (κ3) is 3.63. The van der Waals surface area contributed by atoms with Crippen LogP contribution in [0.4, 0.5) is 17.1 Å². The van der Waals surface area contributed by atoms with E-state index in [0.717, 1.165) is 17.1 Å². The van der Waals surface area contributed by atoms with Gasteiger partial charge in [-0.1, -0.05) is 29.3 Å². The van der Waals surface area contributed by atoms with Crippen LogP contribution in [0, 0.1) is 0 Å². The Balaban J connectivity index is 2.15. The van der Waals surface area contributed by atoms with Crippen LogP contribution in [0.2, 0.25) is 10.0 Å². The summed E-state index contributed by atoms with van der Waals surface area (Å²) in [7, 11) is 0. The Morgan fingerprint density at radius 1 is 1.00 bits per heavy atom. The molecule has 0 aliphatic rings. The molecular weight excluding hydrogens is 283 g/mol. The summed E-state index contributed by atoms with van der Waals surface area (Å²) in [6.07, 6.45) is 0. The van der Waals surface area contributed by atoms with Crippen molar-refractivity contribution in [3.05, 3.63) is 52.5 Å². The molecule has 0 radical (unpaired) electrons. The predicted octanol–water partition coefficient (Wildman–Crippen LogP) is 4.70. The SMILES string of the molecule is CC(=O)Nc1ccc(Nc2cccc(Cl)c2Cl)cc1. The summed E-state index contributed by atoms with van der Waals surface area (Å²) in [5.74, 6) is -0.0985. The van der Waals surface area contributed by atoms with E-state index in [-0.39, 0.29) is 5.91 Å². The Hall–Kier alpha value is -1.71. The van der Waals surface area contributed by atoms with Crippen molar-refractivity contribution in [3.63, 3.8) is 0 Å². The first-order valence-electron chi connectivity index (χ1n) is 5.65. The number of carbonyl (C=O) groups excluding carboxylic acids is 1. The fourth-order valence-corrected chi connectivity index (χ4v) is 1.94. The number of amides is 1. The summed E-state index contributed by atoms with van der Waals surface area (Å²) in [6.45, 7) is 1.47. The van der Waals surface area contributed by atoms with Crippen LogP contribution in [0.25, 0.3) is 0 Å². The van der Waals surface area contributed by atoms with Crippen LogP contribution in [-0.2, 0) is 4.79 Å². The molecular formula is C14H12Cl2N2O. The lowest BCUT2D eigenvalue weighted by atomic mass is 10.2. The van der Waals surface area contributed by atoms with E-state index in [1.54, 1.807) is 6.07 Å². The third-order valence-electron chi connectivity index (χ3n) is 2.44. The van der Waals surface area contributed by atoms with Crippen LogP contribution >= 0.6 is 23.2 Å². The molecule has 0 fully saturated rings. The predicted molar refractivity (Wildman–Crippen MR) is 80.5 cm³/mol. The van der Waals surface area contributed by atoms with Crippen molar-refractivity contribution >= 4 is 46.2 Å². The van der Waals surface area contributed by atoms with Gasteiger partial charge in [-0.3, -0.25) is 4.79 Å². The smallest absolute Gasteiger partial charge is 0.221 e. The first kappa shape index (κ1) is 13.7. The first-order chi connectivity index (χ1) is 9.06. The molecule has 0 bridgehead atoms. The van der Waals surface area contributed by atoms with E-state index in [0.29, 0.717) is 10.0 Å². The molecule has 0 atom stereocenters. The molecule has 19 heavy (non-hydrogen) atoms. The minimum Gasteiger partial charge on any atom is -0.354 e. The van der Waals surface area contributed by atoms with Crippen molar-refractivity contribution in [2.45, 2.75) is 6.92 Å². The Morgan fingerprint density at radius 3 is 2.26 bits per heavy atom. The number of halogens is 2. The van der Waals surface area contributed by atoms with Crippen LogP contribution in [-0.4, -0.2) is 5.91 Å². The second kappa shape index (κ2) is 5.95. The van der Waals surface area contributed by atoms with Crippen molar-refractivity contribution in [3.8, 4) is 0 Å². The largest absolute Gasteiger partial charge is 0.354 e. The van der Waals surface area contributed by atoms with Crippen LogP contribution in [0.15, 0.2) is 42.5 Å². The lowest BCUT2D eigenvalue weighted by molar-refractivity contribution is -0.114. The van der Waals surface area contributed by atoms with Crippen LogP contribution in [0.5, 0.6) is 0 Å². The Bertz CT molecular complexity index is 597. The molecule has 0 heterocycles.